The van der Waals surface area contributed by atoms with Gasteiger partial charge in [-0.15, -0.1) is 0 Å². The van der Waals surface area contributed by atoms with Crippen LogP contribution in [0.1, 0.15) is 17.9 Å². The maximum absolute atomic E-state index is 11.7. The van der Waals surface area contributed by atoms with Crippen molar-refractivity contribution in [2.45, 2.75) is 26.0 Å². The molecule has 118 valence electrons. The number of rotatable bonds is 7. The monoisotopic (exact) mass is 321 g/mol. The number of amides is 1. The Balaban J connectivity index is 1.87. The summed E-state index contributed by atoms with van der Waals surface area (Å²) in [5.74, 6) is 1.48. The third-order valence-electron chi connectivity index (χ3n) is 3.10. The minimum atomic E-state index is -0.950. The van der Waals surface area contributed by atoms with Gasteiger partial charge in [0.15, 0.2) is 0 Å². The van der Waals surface area contributed by atoms with E-state index in [0.29, 0.717) is 24.7 Å². The van der Waals surface area contributed by atoms with E-state index in [1.807, 2.05) is 30.5 Å². The average Bonchev–Trinajstić information content (AvgIpc) is 2.97. The molecule has 6 nitrogen and oxygen atoms in total. The van der Waals surface area contributed by atoms with Gasteiger partial charge in [-0.3, -0.25) is 4.79 Å². The smallest absolute Gasteiger partial charge is 0.249 e. The predicted molar refractivity (Wildman–Crippen MR) is 85.3 cm³/mol. The van der Waals surface area contributed by atoms with Crippen molar-refractivity contribution < 1.29 is 14.4 Å². The summed E-state index contributed by atoms with van der Waals surface area (Å²) >= 11 is 1.60. The number of thioether (sulfide) groups is 1. The van der Waals surface area contributed by atoms with Crippen molar-refractivity contribution in [3.8, 4) is 11.4 Å². The molecule has 1 aromatic heterocycles. The van der Waals surface area contributed by atoms with Crippen molar-refractivity contribution in [2.75, 3.05) is 12.0 Å². The zero-order chi connectivity index (χ0) is 15.9. The molecule has 2 rings (SSSR count). The second kappa shape index (κ2) is 7.95. The third kappa shape index (κ3) is 4.57. The van der Waals surface area contributed by atoms with E-state index in [2.05, 4.69) is 15.5 Å². The minimum absolute atomic E-state index is 0.341. The number of aliphatic hydroxyl groups is 1. The Morgan fingerprint density at radius 1 is 1.41 bits per heavy atom. The van der Waals surface area contributed by atoms with Crippen LogP contribution in [0.15, 0.2) is 28.8 Å². The van der Waals surface area contributed by atoms with Crippen LogP contribution in [0.4, 0.5) is 0 Å². The highest BCUT2D eigenvalue weighted by molar-refractivity contribution is 7.98. The molecule has 0 aliphatic carbocycles. The van der Waals surface area contributed by atoms with Crippen LogP contribution in [0.25, 0.3) is 11.4 Å². The minimum Gasteiger partial charge on any atom is -0.383 e. The van der Waals surface area contributed by atoms with E-state index in [9.17, 15) is 9.90 Å². The van der Waals surface area contributed by atoms with Gasteiger partial charge in [0.25, 0.3) is 0 Å². The first-order valence-electron chi connectivity index (χ1n) is 6.94. The molecule has 0 radical (unpaired) electrons. The number of hydrogen-bond donors (Lipinski definition) is 2. The number of nitrogens with zero attached hydrogens (tertiary/aromatic N) is 2. The summed E-state index contributed by atoms with van der Waals surface area (Å²) in [5, 5.41) is 16.2. The summed E-state index contributed by atoms with van der Waals surface area (Å²) in [6.07, 6.45) is 1.45. The molecule has 0 saturated heterocycles. The number of benzene rings is 1. The molecule has 1 amide bonds. The van der Waals surface area contributed by atoms with Gasteiger partial charge in [0.2, 0.25) is 17.6 Å². The molecule has 1 unspecified atom stereocenters. The lowest BCUT2D eigenvalue weighted by atomic mass is 10.1. The van der Waals surface area contributed by atoms with Crippen molar-refractivity contribution in [3.05, 3.63) is 35.7 Å². The predicted octanol–water partition coefficient (Wildman–Crippen LogP) is 1.78. The molecule has 0 aliphatic rings. The molecule has 1 heterocycles. The highest BCUT2D eigenvalue weighted by atomic mass is 32.2. The largest absolute Gasteiger partial charge is 0.383 e. The molecule has 2 N–H and O–H groups in total. The van der Waals surface area contributed by atoms with Crippen molar-refractivity contribution >= 4 is 17.7 Å². The lowest BCUT2D eigenvalue weighted by molar-refractivity contribution is -0.129. The fourth-order valence-corrected chi connectivity index (χ4v) is 2.31. The van der Waals surface area contributed by atoms with Crippen molar-refractivity contribution in [1.82, 2.24) is 15.5 Å². The number of carbonyl (C=O) groups is 1. The van der Waals surface area contributed by atoms with Crippen LogP contribution < -0.4 is 5.32 Å². The van der Waals surface area contributed by atoms with Gasteiger partial charge in [-0.25, -0.2) is 0 Å². The number of carbonyl (C=O) groups excluding carboxylic acids is 1. The summed E-state index contributed by atoms with van der Waals surface area (Å²) in [5.41, 5.74) is 1.79. The SMILES string of the molecule is CSCCC(O)C(=O)NCc1ccc(-c2noc(C)n2)cc1. The second-order valence-electron chi connectivity index (χ2n) is 4.85. The van der Waals surface area contributed by atoms with Gasteiger partial charge >= 0.3 is 0 Å². The summed E-state index contributed by atoms with van der Waals surface area (Å²) in [7, 11) is 0. The molecule has 22 heavy (non-hydrogen) atoms. The number of hydrogen-bond acceptors (Lipinski definition) is 6. The van der Waals surface area contributed by atoms with Crippen molar-refractivity contribution in [2.24, 2.45) is 0 Å². The maximum Gasteiger partial charge on any atom is 0.249 e. The first-order chi connectivity index (χ1) is 10.6. The zero-order valence-corrected chi connectivity index (χ0v) is 13.4. The summed E-state index contributed by atoms with van der Waals surface area (Å²) < 4.78 is 4.94. The maximum atomic E-state index is 11.7. The van der Waals surface area contributed by atoms with Crippen molar-refractivity contribution in [1.29, 1.82) is 0 Å². The van der Waals surface area contributed by atoms with Crippen LogP contribution in [-0.2, 0) is 11.3 Å². The van der Waals surface area contributed by atoms with E-state index in [-0.39, 0.29) is 5.91 Å². The van der Waals surface area contributed by atoms with Crippen LogP contribution in [0.3, 0.4) is 0 Å². The Labute approximate surface area is 133 Å². The molecule has 0 bridgehead atoms. The van der Waals surface area contributed by atoms with E-state index in [1.165, 1.54) is 0 Å². The quantitative estimate of drug-likeness (QED) is 0.808. The molecule has 1 aromatic carbocycles. The molecule has 0 saturated carbocycles. The Bertz CT molecular complexity index is 613. The molecule has 0 spiro atoms. The van der Waals surface area contributed by atoms with E-state index in [0.717, 1.165) is 16.9 Å². The first-order valence-corrected chi connectivity index (χ1v) is 8.34. The number of aliphatic hydroxyl groups excluding tert-OH is 1. The normalized spacial score (nSPS) is 12.1. The highest BCUT2D eigenvalue weighted by Gasteiger charge is 2.13. The summed E-state index contributed by atoms with van der Waals surface area (Å²) in [6, 6.07) is 7.51. The molecule has 7 heteroatoms. The standard InChI is InChI=1S/C15H19N3O3S/c1-10-17-14(18-21-10)12-5-3-11(4-6-12)9-16-15(20)13(19)7-8-22-2/h3-6,13,19H,7-9H2,1-2H3,(H,16,20). The van der Waals surface area contributed by atoms with Gasteiger partial charge < -0.3 is 14.9 Å². The fourth-order valence-electron chi connectivity index (χ4n) is 1.86. The summed E-state index contributed by atoms with van der Waals surface area (Å²) in [4.78, 5) is 15.9. The van der Waals surface area contributed by atoms with E-state index >= 15 is 0 Å². The van der Waals surface area contributed by atoms with Gasteiger partial charge in [-0.1, -0.05) is 29.4 Å². The van der Waals surface area contributed by atoms with Gasteiger partial charge in [0, 0.05) is 19.0 Å². The summed E-state index contributed by atoms with van der Waals surface area (Å²) in [6.45, 7) is 2.11. The van der Waals surface area contributed by atoms with Crippen LogP contribution in [0.5, 0.6) is 0 Å². The molecule has 1 atom stereocenters. The Morgan fingerprint density at radius 2 is 2.14 bits per heavy atom. The van der Waals surface area contributed by atoms with Crippen LogP contribution >= 0.6 is 11.8 Å². The molecular formula is C15H19N3O3S. The lowest BCUT2D eigenvalue weighted by Gasteiger charge is -2.10. The lowest BCUT2D eigenvalue weighted by Crippen LogP contribution is -2.34. The Kier molecular flexibility index (Phi) is 5.97. The molecule has 0 aliphatic heterocycles. The van der Waals surface area contributed by atoms with Gasteiger partial charge in [-0.05, 0) is 24.0 Å². The molecular weight excluding hydrogens is 302 g/mol. The average molecular weight is 321 g/mol. The number of nitrogens with one attached hydrogen (secondary N) is 1. The second-order valence-corrected chi connectivity index (χ2v) is 5.83. The highest BCUT2D eigenvalue weighted by Crippen LogP contribution is 2.16. The van der Waals surface area contributed by atoms with E-state index < -0.39 is 6.10 Å². The van der Waals surface area contributed by atoms with Crippen molar-refractivity contribution in [3.63, 3.8) is 0 Å². The third-order valence-corrected chi connectivity index (χ3v) is 3.75. The Hall–Kier alpha value is -1.86. The van der Waals surface area contributed by atoms with Crippen LogP contribution in [0, 0.1) is 6.92 Å². The fraction of sp³-hybridized carbons (Fsp3) is 0.400. The van der Waals surface area contributed by atoms with Crippen LogP contribution in [0.2, 0.25) is 0 Å². The number of aryl methyl sites for hydroxylation is 1. The van der Waals surface area contributed by atoms with Crippen LogP contribution in [-0.4, -0.2) is 39.3 Å². The number of aromatic nitrogens is 2. The molecule has 2 aromatic rings. The Morgan fingerprint density at radius 3 is 2.73 bits per heavy atom. The molecule has 0 fully saturated rings. The van der Waals surface area contributed by atoms with E-state index in [4.69, 9.17) is 4.52 Å². The van der Waals surface area contributed by atoms with Gasteiger partial charge in [0.1, 0.15) is 6.10 Å². The topological polar surface area (TPSA) is 88.2 Å². The van der Waals surface area contributed by atoms with Gasteiger partial charge in [-0.2, -0.15) is 16.7 Å². The van der Waals surface area contributed by atoms with E-state index in [1.54, 1.807) is 18.7 Å². The first kappa shape index (κ1) is 16.5. The zero-order valence-electron chi connectivity index (χ0n) is 12.6. The van der Waals surface area contributed by atoms with Gasteiger partial charge in [0.05, 0.1) is 0 Å².